The van der Waals surface area contributed by atoms with Gasteiger partial charge in [-0.05, 0) is 75.2 Å². The molecule has 0 fully saturated rings. The quantitative estimate of drug-likeness (QED) is 0.275. The van der Waals surface area contributed by atoms with Gasteiger partial charge in [-0.3, -0.25) is 9.20 Å². The van der Waals surface area contributed by atoms with Crippen LogP contribution in [0.25, 0.3) is 22.6 Å². The molecule has 0 radical (unpaired) electrons. The van der Waals surface area contributed by atoms with Gasteiger partial charge in [-0.2, -0.15) is 5.10 Å². The van der Waals surface area contributed by atoms with Gasteiger partial charge < -0.3 is 4.74 Å². The predicted molar refractivity (Wildman–Crippen MR) is 141 cm³/mol. The molecule has 0 aliphatic rings. The molecule has 0 bridgehead atoms. The molecule has 6 nitrogen and oxygen atoms in total. The zero-order chi connectivity index (χ0) is 24.7. The van der Waals surface area contributed by atoms with Crippen LogP contribution in [-0.2, 0) is 6.61 Å². The summed E-state index contributed by atoms with van der Waals surface area (Å²) in [4.78, 5) is 18.4. The average molecular weight is 529 g/mol. The molecule has 5 rings (SSSR count). The first kappa shape index (κ1) is 23.1. The highest BCUT2D eigenvalue weighted by Crippen LogP contribution is 2.25. The maximum Gasteiger partial charge on any atom is 0.267 e. The van der Waals surface area contributed by atoms with Gasteiger partial charge in [0.1, 0.15) is 12.3 Å². The number of fused-ring (bicyclic) bond motifs is 1. The van der Waals surface area contributed by atoms with Crippen molar-refractivity contribution in [1.29, 1.82) is 0 Å². The van der Waals surface area contributed by atoms with Crippen molar-refractivity contribution in [3.05, 3.63) is 110 Å². The number of hydrogen-bond acceptors (Lipinski definition) is 4. The first-order valence-corrected chi connectivity index (χ1v) is 12.1. The van der Waals surface area contributed by atoms with Gasteiger partial charge in [-0.25, -0.2) is 9.67 Å². The molecule has 7 heteroatoms. The number of halogens is 1. The van der Waals surface area contributed by atoms with E-state index < -0.39 is 0 Å². The second-order valence-corrected chi connectivity index (χ2v) is 9.65. The Balaban J connectivity index is 1.55. The Hall–Kier alpha value is -3.71. The topological polar surface area (TPSA) is 61.4 Å². The highest BCUT2D eigenvalue weighted by Gasteiger charge is 2.19. The molecule has 0 spiro atoms. The molecular weight excluding hydrogens is 504 g/mol. The van der Waals surface area contributed by atoms with E-state index in [9.17, 15) is 4.79 Å². The van der Waals surface area contributed by atoms with E-state index in [1.807, 2.05) is 54.9 Å². The van der Waals surface area contributed by atoms with Crippen LogP contribution in [0, 0.1) is 27.7 Å². The van der Waals surface area contributed by atoms with Crippen molar-refractivity contribution in [3.63, 3.8) is 0 Å². The SMILES string of the molecule is Cc1ccc(-n2nc(-c3c(C)nc4c(OCc5ccc(Br)cc5)cccn4c3=O)cc2C)c(C)c1. The van der Waals surface area contributed by atoms with Crippen LogP contribution < -0.4 is 10.3 Å². The summed E-state index contributed by atoms with van der Waals surface area (Å²) in [6, 6.07) is 19.7. The number of aryl methyl sites for hydroxylation is 4. The molecule has 3 heterocycles. The lowest BCUT2D eigenvalue weighted by atomic mass is 10.1. The van der Waals surface area contributed by atoms with E-state index in [1.54, 1.807) is 12.3 Å². The van der Waals surface area contributed by atoms with Gasteiger partial charge in [0, 0.05) is 16.4 Å². The number of benzene rings is 2. The van der Waals surface area contributed by atoms with Crippen LogP contribution in [0.15, 0.2) is 76.1 Å². The van der Waals surface area contributed by atoms with Crippen molar-refractivity contribution in [3.8, 4) is 22.7 Å². The van der Waals surface area contributed by atoms with Crippen molar-refractivity contribution in [1.82, 2.24) is 19.2 Å². The third kappa shape index (κ3) is 4.39. The first-order valence-electron chi connectivity index (χ1n) is 11.4. The molecule has 0 amide bonds. The van der Waals surface area contributed by atoms with Crippen LogP contribution in [0.5, 0.6) is 5.75 Å². The van der Waals surface area contributed by atoms with Crippen molar-refractivity contribution in [2.24, 2.45) is 0 Å². The van der Waals surface area contributed by atoms with Crippen LogP contribution in [0.2, 0.25) is 0 Å². The summed E-state index contributed by atoms with van der Waals surface area (Å²) in [7, 11) is 0. The van der Waals surface area contributed by atoms with E-state index in [0.717, 1.165) is 27.0 Å². The predicted octanol–water partition coefficient (Wildman–Crippen LogP) is 6.12. The van der Waals surface area contributed by atoms with E-state index in [-0.39, 0.29) is 5.56 Å². The lowest BCUT2D eigenvalue weighted by molar-refractivity contribution is 0.308. The van der Waals surface area contributed by atoms with Crippen LogP contribution >= 0.6 is 15.9 Å². The molecule has 2 aromatic carbocycles. The van der Waals surface area contributed by atoms with Crippen LogP contribution in [-0.4, -0.2) is 19.2 Å². The maximum atomic E-state index is 13.6. The third-order valence-electron chi connectivity index (χ3n) is 6.03. The molecule has 35 heavy (non-hydrogen) atoms. The van der Waals surface area contributed by atoms with Crippen LogP contribution in [0.1, 0.15) is 28.1 Å². The van der Waals surface area contributed by atoms with E-state index in [2.05, 4.69) is 48.0 Å². The highest BCUT2D eigenvalue weighted by molar-refractivity contribution is 9.10. The van der Waals surface area contributed by atoms with Crippen LogP contribution in [0.3, 0.4) is 0 Å². The molecule has 5 aromatic rings. The van der Waals surface area contributed by atoms with Gasteiger partial charge >= 0.3 is 0 Å². The summed E-state index contributed by atoms with van der Waals surface area (Å²) in [5, 5.41) is 4.80. The lowest BCUT2D eigenvalue weighted by Gasteiger charge is -2.12. The molecule has 3 aromatic heterocycles. The molecule has 0 unspecified atom stereocenters. The number of ether oxygens (including phenoxy) is 1. The third-order valence-corrected chi connectivity index (χ3v) is 6.56. The smallest absolute Gasteiger partial charge is 0.267 e. The Kier molecular flexibility index (Phi) is 6.03. The Morgan fingerprint density at radius 1 is 0.971 bits per heavy atom. The molecule has 0 aliphatic carbocycles. The molecule has 0 aliphatic heterocycles. The monoisotopic (exact) mass is 528 g/mol. The molecule has 0 atom stereocenters. The molecule has 176 valence electrons. The number of rotatable bonds is 5. The minimum Gasteiger partial charge on any atom is -0.485 e. The zero-order valence-corrected chi connectivity index (χ0v) is 21.6. The van der Waals surface area contributed by atoms with Crippen molar-refractivity contribution >= 4 is 21.6 Å². The Morgan fingerprint density at radius 2 is 1.74 bits per heavy atom. The Morgan fingerprint density at radius 3 is 2.49 bits per heavy atom. The number of aromatic nitrogens is 4. The minimum absolute atomic E-state index is 0.174. The van der Waals surface area contributed by atoms with Gasteiger partial charge in [0.25, 0.3) is 5.56 Å². The van der Waals surface area contributed by atoms with E-state index in [0.29, 0.717) is 35.0 Å². The Labute approximate surface area is 212 Å². The van der Waals surface area contributed by atoms with E-state index in [4.69, 9.17) is 14.8 Å². The van der Waals surface area contributed by atoms with Gasteiger partial charge in [-0.1, -0.05) is 45.8 Å². The zero-order valence-electron chi connectivity index (χ0n) is 20.0. The van der Waals surface area contributed by atoms with Gasteiger partial charge in [0.05, 0.1) is 16.9 Å². The molecule has 0 N–H and O–H groups in total. The van der Waals surface area contributed by atoms with Crippen molar-refractivity contribution < 1.29 is 4.74 Å². The fourth-order valence-electron chi connectivity index (χ4n) is 4.28. The second-order valence-electron chi connectivity index (χ2n) is 8.73. The van der Waals surface area contributed by atoms with E-state index in [1.165, 1.54) is 9.96 Å². The summed E-state index contributed by atoms with van der Waals surface area (Å²) in [6.45, 7) is 8.35. The molecule has 0 saturated carbocycles. The van der Waals surface area contributed by atoms with Crippen LogP contribution in [0.4, 0.5) is 0 Å². The van der Waals surface area contributed by atoms with Gasteiger partial charge in [0.15, 0.2) is 11.4 Å². The molecular formula is C28H25BrN4O2. The number of pyridine rings is 1. The number of hydrogen-bond donors (Lipinski definition) is 0. The van der Waals surface area contributed by atoms with Crippen molar-refractivity contribution in [2.45, 2.75) is 34.3 Å². The largest absolute Gasteiger partial charge is 0.485 e. The summed E-state index contributed by atoms with van der Waals surface area (Å²) in [5.41, 5.74) is 7.30. The number of nitrogens with zero attached hydrogens (tertiary/aromatic N) is 4. The first-order chi connectivity index (χ1) is 16.8. The normalized spacial score (nSPS) is 11.2. The maximum absolute atomic E-state index is 13.6. The second kappa shape index (κ2) is 9.15. The summed E-state index contributed by atoms with van der Waals surface area (Å²) >= 11 is 3.45. The fraction of sp³-hybridized carbons (Fsp3) is 0.179. The lowest BCUT2D eigenvalue weighted by Crippen LogP contribution is -2.19. The van der Waals surface area contributed by atoms with Gasteiger partial charge in [-0.15, -0.1) is 0 Å². The summed E-state index contributed by atoms with van der Waals surface area (Å²) in [6.07, 6.45) is 1.72. The van der Waals surface area contributed by atoms with Gasteiger partial charge in [0.2, 0.25) is 0 Å². The average Bonchev–Trinajstić information content (AvgIpc) is 3.19. The Bertz CT molecular complexity index is 1620. The highest BCUT2D eigenvalue weighted by atomic mass is 79.9. The standard InChI is InChI=1S/C28H25BrN4O2/c1-17-7-12-24(18(2)14-17)33-19(3)15-23(31-33)26-20(4)30-27-25(6-5-13-32(27)28(26)34)35-16-21-8-10-22(29)11-9-21/h5-15H,16H2,1-4H3. The fourth-order valence-corrected chi connectivity index (χ4v) is 4.54. The summed E-state index contributed by atoms with van der Waals surface area (Å²) in [5.74, 6) is 0.555. The minimum atomic E-state index is -0.174. The van der Waals surface area contributed by atoms with E-state index >= 15 is 0 Å². The van der Waals surface area contributed by atoms with Crippen molar-refractivity contribution in [2.75, 3.05) is 0 Å². The summed E-state index contributed by atoms with van der Waals surface area (Å²) < 4.78 is 10.5. The molecule has 0 saturated heterocycles.